The first-order valence-corrected chi connectivity index (χ1v) is 10.9. The number of rotatable bonds is 7. The highest BCUT2D eigenvalue weighted by Gasteiger charge is 2.09. The smallest absolute Gasteiger partial charge is 0.250 e. The quantitative estimate of drug-likeness (QED) is 0.369. The number of amides is 1. The van der Waals surface area contributed by atoms with Gasteiger partial charge in [0, 0.05) is 38.4 Å². The lowest BCUT2D eigenvalue weighted by atomic mass is 10.2. The topological polar surface area (TPSA) is 46.4 Å². The van der Waals surface area contributed by atoms with Gasteiger partial charge in [-0.05, 0) is 61.9 Å². The molecule has 3 aromatic rings. The predicted octanol–water partition coefficient (Wildman–Crippen LogP) is 5.78. The second kappa shape index (κ2) is 10.0. The van der Waals surface area contributed by atoms with E-state index in [0.717, 1.165) is 34.0 Å². The molecule has 0 fully saturated rings. The number of carbonyl (C=O) groups excluding carboxylic acids is 1. The molecular weight excluding hydrogens is 425 g/mol. The van der Waals surface area contributed by atoms with Gasteiger partial charge in [-0.25, -0.2) is 5.43 Å². The van der Waals surface area contributed by atoms with Crippen molar-refractivity contribution in [2.75, 3.05) is 5.75 Å². The maximum atomic E-state index is 12.0. The Morgan fingerprint density at radius 3 is 2.59 bits per heavy atom. The molecule has 29 heavy (non-hydrogen) atoms. The van der Waals surface area contributed by atoms with E-state index in [-0.39, 0.29) is 5.91 Å². The largest absolute Gasteiger partial charge is 0.318 e. The van der Waals surface area contributed by atoms with E-state index in [1.54, 1.807) is 6.21 Å². The molecule has 150 valence electrons. The molecule has 1 amide bonds. The number of nitrogens with one attached hydrogen (secondary N) is 1. The van der Waals surface area contributed by atoms with Crippen LogP contribution in [0.1, 0.15) is 22.5 Å². The predicted molar refractivity (Wildman–Crippen MR) is 124 cm³/mol. The van der Waals surface area contributed by atoms with E-state index < -0.39 is 0 Å². The number of hydrogen-bond acceptors (Lipinski definition) is 3. The number of carbonyl (C=O) groups is 1. The lowest BCUT2D eigenvalue weighted by molar-refractivity contribution is -0.118. The molecule has 0 saturated heterocycles. The van der Waals surface area contributed by atoms with Gasteiger partial charge in [-0.1, -0.05) is 35.3 Å². The fraction of sp³-hybridized carbons (Fsp3) is 0.182. The molecule has 2 aromatic carbocycles. The summed E-state index contributed by atoms with van der Waals surface area (Å²) >= 11 is 13.5. The number of hydrogen-bond donors (Lipinski definition) is 1. The fourth-order valence-electron chi connectivity index (χ4n) is 3.00. The van der Waals surface area contributed by atoms with Crippen molar-refractivity contribution in [1.29, 1.82) is 0 Å². The molecular formula is C22H21Cl2N3OS. The van der Waals surface area contributed by atoms with Gasteiger partial charge in [-0.15, -0.1) is 11.8 Å². The van der Waals surface area contributed by atoms with Gasteiger partial charge < -0.3 is 4.57 Å². The van der Waals surface area contributed by atoms with Crippen LogP contribution in [-0.4, -0.2) is 22.4 Å². The van der Waals surface area contributed by atoms with Crippen LogP contribution in [0.25, 0.3) is 5.69 Å². The standard InChI is InChI=1S/C22H21Cl2N3OS/c1-15-10-18(16(2)27(15)21-8-6-19(23)7-9-21)12-25-26-22(28)14-29-13-17-4-3-5-20(24)11-17/h3-12H,13-14H2,1-2H3,(H,26,28)/b25-12+. The van der Waals surface area contributed by atoms with Crippen LogP contribution in [0.3, 0.4) is 0 Å². The lowest BCUT2D eigenvalue weighted by Gasteiger charge is -2.09. The third kappa shape index (κ3) is 5.89. The van der Waals surface area contributed by atoms with Crippen LogP contribution < -0.4 is 5.43 Å². The number of halogens is 2. The number of benzene rings is 2. The molecule has 0 aliphatic rings. The summed E-state index contributed by atoms with van der Waals surface area (Å²) in [6, 6.07) is 17.4. The minimum atomic E-state index is -0.139. The first-order valence-electron chi connectivity index (χ1n) is 9.03. The van der Waals surface area contributed by atoms with Crippen molar-refractivity contribution in [2.45, 2.75) is 19.6 Å². The van der Waals surface area contributed by atoms with Crippen molar-refractivity contribution >= 4 is 47.1 Å². The van der Waals surface area contributed by atoms with Gasteiger partial charge in [0.15, 0.2) is 0 Å². The van der Waals surface area contributed by atoms with Crippen LogP contribution in [-0.2, 0) is 10.5 Å². The summed E-state index contributed by atoms with van der Waals surface area (Å²) in [6.45, 7) is 4.05. The van der Waals surface area contributed by atoms with Crippen LogP contribution in [0.2, 0.25) is 10.0 Å². The molecule has 1 aromatic heterocycles. The molecule has 0 bridgehead atoms. The molecule has 0 saturated carbocycles. The highest BCUT2D eigenvalue weighted by molar-refractivity contribution is 7.99. The molecule has 0 radical (unpaired) electrons. The molecule has 0 spiro atoms. The van der Waals surface area contributed by atoms with Crippen LogP contribution in [0, 0.1) is 13.8 Å². The van der Waals surface area contributed by atoms with Crippen LogP contribution in [0.5, 0.6) is 0 Å². The molecule has 7 heteroatoms. The monoisotopic (exact) mass is 445 g/mol. The van der Waals surface area contributed by atoms with Gasteiger partial charge >= 0.3 is 0 Å². The fourth-order valence-corrected chi connectivity index (χ4v) is 4.11. The number of nitrogens with zero attached hydrogens (tertiary/aromatic N) is 2. The number of thioether (sulfide) groups is 1. The van der Waals surface area contributed by atoms with Crippen molar-refractivity contribution < 1.29 is 4.79 Å². The zero-order valence-electron chi connectivity index (χ0n) is 16.2. The van der Waals surface area contributed by atoms with Crippen LogP contribution in [0.4, 0.5) is 0 Å². The summed E-state index contributed by atoms with van der Waals surface area (Å²) in [4.78, 5) is 12.0. The third-order valence-corrected chi connectivity index (χ3v) is 5.83. The summed E-state index contributed by atoms with van der Waals surface area (Å²) in [5, 5.41) is 5.52. The van der Waals surface area contributed by atoms with E-state index in [9.17, 15) is 4.79 Å². The van der Waals surface area contributed by atoms with Crippen molar-refractivity contribution in [3.05, 3.63) is 87.2 Å². The molecule has 0 unspecified atom stereocenters. The van der Waals surface area contributed by atoms with Crippen LogP contribution in [0.15, 0.2) is 59.7 Å². The maximum absolute atomic E-state index is 12.0. The highest BCUT2D eigenvalue weighted by Crippen LogP contribution is 2.21. The van der Waals surface area contributed by atoms with E-state index in [0.29, 0.717) is 15.8 Å². The van der Waals surface area contributed by atoms with Crippen molar-refractivity contribution in [1.82, 2.24) is 9.99 Å². The van der Waals surface area contributed by atoms with E-state index in [1.165, 1.54) is 11.8 Å². The molecule has 1 heterocycles. The average molecular weight is 446 g/mol. The SMILES string of the molecule is Cc1cc(/C=N/NC(=O)CSCc2cccc(Cl)c2)c(C)n1-c1ccc(Cl)cc1. The summed E-state index contributed by atoms with van der Waals surface area (Å²) in [7, 11) is 0. The number of aromatic nitrogens is 1. The minimum Gasteiger partial charge on any atom is -0.318 e. The van der Waals surface area contributed by atoms with Gasteiger partial charge in [0.25, 0.3) is 0 Å². The summed E-state index contributed by atoms with van der Waals surface area (Å²) in [6.07, 6.45) is 1.67. The van der Waals surface area contributed by atoms with E-state index in [1.807, 2.05) is 68.4 Å². The highest BCUT2D eigenvalue weighted by atomic mass is 35.5. The van der Waals surface area contributed by atoms with Crippen molar-refractivity contribution in [3.8, 4) is 5.69 Å². The molecule has 3 rings (SSSR count). The Morgan fingerprint density at radius 2 is 1.86 bits per heavy atom. The van der Waals surface area contributed by atoms with Crippen molar-refractivity contribution in [3.63, 3.8) is 0 Å². The third-order valence-electron chi connectivity index (χ3n) is 4.34. The number of aryl methyl sites for hydroxylation is 1. The van der Waals surface area contributed by atoms with Gasteiger partial charge in [0.2, 0.25) is 5.91 Å². The minimum absolute atomic E-state index is 0.139. The van der Waals surface area contributed by atoms with Gasteiger partial charge in [0.05, 0.1) is 12.0 Å². The maximum Gasteiger partial charge on any atom is 0.250 e. The summed E-state index contributed by atoms with van der Waals surface area (Å²) < 4.78 is 2.13. The molecule has 0 aliphatic heterocycles. The first kappa shape index (κ1) is 21.5. The lowest BCUT2D eigenvalue weighted by Crippen LogP contribution is -2.19. The molecule has 0 aliphatic carbocycles. The zero-order valence-corrected chi connectivity index (χ0v) is 18.5. The Labute approximate surface area is 184 Å². The Bertz CT molecular complexity index is 1030. The molecule has 1 N–H and O–H groups in total. The van der Waals surface area contributed by atoms with E-state index in [4.69, 9.17) is 23.2 Å². The Morgan fingerprint density at radius 1 is 1.10 bits per heavy atom. The normalized spacial score (nSPS) is 11.2. The van der Waals surface area contributed by atoms with Crippen LogP contribution >= 0.6 is 35.0 Å². The average Bonchev–Trinajstić information content (AvgIpc) is 2.96. The molecule has 0 atom stereocenters. The Hall–Kier alpha value is -2.21. The zero-order chi connectivity index (χ0) is 20.8. The second-order valence-corrected chi connectivity index (χ2v) is 8.41. The molecule has 4 nitrogen and oxygen atoms in total. The second-order valence-electron chi connectivity index (χ2n) is 6.55. The Balaban J connectivity index is 1.55. The summed E-state index contributed by atoms with van der Waals surface area (Å²) in [5.74, 6) is 0.910. The number of hydrazone groups is 1. The van der Waals surface area contributed by atoms with Gasteiger partial charge in [-0.2, -0.15) is 5.10 Å². The summed E-state index contributed by atoms with van der Waals surface area (Å²) in [5.41, 5.74) is 7.78. The van der Waals surface area contributed by atoms with E-state index in [2.05, 4.69) is 15.1 Å². The van der Waals surface area contributed by atoms with Crippen molar-refractivity contribution in [2.24, 2.45) is 5.10 Å². The van der Waals surface area contributed by atoms with Gasteiger partial charge in [0.1, 0.15) is 0 Å². The Kier molecular flexibility index (Phi) is 7.42. The van der Waals surface area contributed by atoms with E-state index >= 15 is 0 Å². The van der Waals surface area contributed by atoms with Gasteiger partial charge in [-0.3, -0.25) is 4.79 Å². The first-order chi connectivity index (χ1) is 13.9.